The summed E-state index contributed by atoms with van der Waals surface area (Å²) in [4.78, 5) is 21.8. The van der Waals surface area contributed by atoms with Crippen molar-refractivity contribution < 1.29 is 14.3 Å². The van der Waals surface area contributed by atoms with E-state index in [1.807, 2.05) is 11.6 Å². The predicted molar refractivity (Wildman–Crippen MR) is 76.4 cm³/mol. The van der Waals surface area contributed by atoms with Gasteiger partial charge in [-0.1, -0.05) is 6.42 Å². The molecule has 0 aliphatic rings. The standard InChI is InChI=1S/C15H24N2O3/c1-12-10-13(2)17(16-12)8-6-4-5-7-9-20-15(19)11-14(3)18/h10H,4-9,11H2,1-3H3. The second-order valence-corrected chi connectivity index (χ2v) is 5.16. The predicted octanol–water partition coefficient (Wildman–Crippen LogP) is 2.58. The molecule has 0 atom stereocenters. The van der Waals surface area contributed by atoms with Crippen molar-refractivity contribution in [3.8, 4) is 0 Å². The van der Waals surface area contributed by atoms with Gasteiger partial charge in [0.1, 0.15) is 12.2 Å². The van der Waals surface area contributed by atoms with Crippen LogP contribution in [-0.4, -0.2) is 28.1 Å². The molecular weight excluding hydrogens is 256 g/mol. The zero-order valence-electron chi connectivity index (χ0n) is 12.6. The van der Waals surface area contributed by atoms with E-state index in [0.29, 0.717) is 6.61 Å². The third-order valence-electron chi connectivity index (χ3n) is 3.02. The van der Waals surface area contributed by atoms with Gasteiger partial charge in [-0.2, -0.15) is 5.10 Å². The Morgan fingerprint density at radius 3 is 2.50 bits per heavy atom. The van der Waals surface area contributed by atoms with E-state index < -0.39 is 5.97 Å². The summed E-state index contributed by atoms with van der Waals surface area (Å²) in [6.45, 7) is 6.80. The molecule has 1 aromatic rings. The first-order valence-corrected chi connectivity index (χ1v) is 7.15. The second-order valence-electron chi connectivity index (χ2n) is 5.16. The third kappa shape index (κ3) is 6.50. The molecule has 0 saturated carbocycles. The average Bonchev–Trinajstić information content (AvgIpc) is 2.65. The van der Waals surface area contributed by atoms with Crippen LogP contribution in [-0.2, 0) is 20.9 Å². The number of nitrogens with zero attached hydrogens (tertiary/aromatic N) is 2. The Hall–Kier alpha value is -1.65. The summed E-state index contributed by atoms with van der Waals surface area (Å²) in [6.07, 6.45) is 3.91. The molecule has 1 heterocycles. The van der Waals surface area contributed by atoms with Crippen LogP contribution in [0.4, 0.5) is 0 Å². The van der Waals surface area contributed by atoms with E-state index >= 15 is 0 Å². The minimum absolute atomic E-state index is 0.113. The Bertz CT molecular complexity index is 452. The summed E-state index contributed by atoms with van der Waals surface area (Å²) in [5.74, 6) is -0.569. The van der Waals surface area contributed by atoms with Crippen LogP contribution < -0.4 is 0 Å². The number of carbonyl (C=O) groups is 2. The van der Waals surface area contributed by atoms with Crippen molar-refractivity contribution in [2.45, 2.75) is 59.4 Å². The quantitative estimate of drug-likeness (QED) is 0.396. The third-order valence-corrected chi connectivity index (χ3v) is 3.02. The van der Waals surface area contributed by atoms with Gasteiger partial charge in [-0.3, -0.25) is 14.3 Å². The van der Waals surface area contributed by atoms with Gasteiger partial charge in [0, 0.05) is 12.2 Å². The van der Waals surface area contributed by atoms with E-state index in [1.54, 1.807) is 0 Å². The van der Waals surface area contributed by atoms with Crippen molar-refractivity contribution in [1.82, 2.24) is 9.78 Å². The average molecular weight is 280 g/mol. The molecule has 20 heavy (non-hydrogen) atoms. The molecule has 0 amide bonds. The van der Waals surface area contributed by atoms with Crippen LogP contribution in [0.3, 0.4) is 0 Å². The minimum Gasteiger partial charge on any atom is -0.465 e. The molecule has 5 nitrogen and oxygen atoms in total. The molecule has 0 radical (unpaired) electrons. The molecule has 0 saturated heterocycles. The topological polar surface area (TPSA) is 61.2 Å². The van der Waals surface area contributed by atoms with Gasteiger partial charge in [0.25, 0.3) is 0 Å². The summed E-state index contributed by atoms with van der Waals surface area (Å²) in [5, 5.41) is 4.41. The fourth-order valence-electron chi connectivity index (χ4n) is 2.06. The largest absolute Gasteiger partial charge is 0.465 e. The fourth-order valence-corrected chi connectivity index (χ4v) is 2.06. The molecule has 1 rings (SSSR count). The highest BCUT2D eigenvalue weighted by Gasteiger charge is 2.05. The number of hydrogen-bond donors (Lipinski definition) is 0. The molecule has 0 fully saturated rings. The summed E-state index contributed by atoms with van der Waals surface area (Å²) in [6, 6.07) is 2.08. The van der Waals surface area contributed by atoms with Gasteiger partial charge in [0.2, 0.25) is 0 Å². The lowest BCUT2D eigenvalue weighted by molar-refractivity contribution is -0.145. The molecule has 1 aromatic heterocycles. The minimum atomic E-state index is -0.417. The number of ketones is 1. The normalized spacial score (nSPS) is 10.6. The molecule has 0 aliphatic heterocycles. The van der Waals surface area contributed by atoms with E-state index in [4.69, 9.17) is 4.74 Å². The van der Waals surface area contributed by atoms with Crippen molar-refractivity contribution in [3.05, 3.63) is 17.5 Å². The molecule has 0 unspecified atom stereocenters. The first kappa shape index (κ1) is 16.4. The smallest absolute Gasteiger partial charge is 0.313 e. The van der Waals surface area contributed by atoms with Crippen molar-refractivity contribution in [3.63, 3.8) is 0 Å². The number of aromatic nitrogens is 2. The number of ether oxygens (including phenoxy) is 1. The van der Waals surface area contributed by atoms with Crippen LogP contribution in [0.5, 0.6) is 0 Å². The molecule has 5 heteroatoms. The number of aryl methyl sites for hydroxylation is 3. The van der Waals surface area contributed by atoms with Gasteiger partial charge in [0.15, 0.2) is 0 Å². The SMILES string of the molecule is CC(=O)CC(=O)OCCCCCCn1nc(C)cc1C. The molecule has 0 aromatic carbocycles. The summed E-state index contributed by atoms with van der Waals surface area (Å²) < 4.78 is 6.99. The lowest BCUT2D eigenvalue weighted by Crippen LogP contribution is -2.09. The Kier molecular flexibility index (Phi) is 6.98. The molecule has 0 spiro atoms. The number of carbonyl (C=O) groups excluding carboxylic acids is 2. The monoisotopic (exact) mass is 280 g/mol. The maximum Gasteiger partial charge on any atom is 0.313 e. The number of esters is 1. The van der Waals surface area contributed by atoms with E-state index in [0.717, 1.165) is 37.9 Å². The van der Waals surface area contributed by atoms with Gasteiger partial charge in [-0.25, -0.2) is 0 Å². The number of hydrogen-bond acceptors (Lipinski definition) is 4. The highest BCUT2D eigenvalue weighted by atomic mass is 16.5. The lowest BCUT2D eigenvalue weighted by Gasteiger charge is -2.05. The summed E-state index contributed by atoms with van der Waals surface area (Å²) >= 11 is 0. The van der Waals surface area contributed by atoms with E-state index in [1.165, 1.54) is 12.6 Å². The second kappa shape index (κ2) is 8.51. The first-order chi connectivity index (χ1) is 9.49. The van der Waals surface area contributed by atoms with Crippen LogP contribution in [0, 0.1) is 13.8 Å². The van der Waals surface area contributed by atoms with Crippen molar-refractivity contribution in [2.24, 2.45) is 0 Å². The van der Waals surface area contributed by atoms with Crippen LogP contribution in [0.15, 0.2) is 6.07 Å². The van der Waals surface area contributed by atoms with Crippen molar-refractivity contribution >= 4 is 11.8 Å². The molecule has 0 N–H and O–H groups in total. The van der Waals surface area contributed by atoms with Gasteiger partial charge in [-0.05, 0) is 46.1 Å². The van der Waals surface area contributed by atoms with Gasteiger partial charge >= 0.3 is 5.97 Å². The van der Waals surface area contributed by atoms with Crippen molar-refractivity contribution in [2.75, 3.05) is 6.61 Å². The number of rotatable bonds is 9. The van der Waals surface area contributed by atoms with Gasteiger partial charge in [-0.15, -0.1) is 0 Å². The van der Waals surface area contributed by atoms with E-state index in [9.17, 15) is 9.59 Å². The van der Waals surface area contributed by atoms with Crippen LogP contribution in [0.25, 0.3) is 0 Å². The van der Waals surface area contributed by atoms with E-state index in [-0.39, 0.29) is 12.2 Å². The zero-order valence-corrected chi connectivity index (χ0v) is 12.6. The maximum atomic E-state index is 11.1. The van der Waals surface area contributed by atoms with Gasteiger partial charge < -0.3 is 4.74 Å². The lowest BCUT2D eigenvalue weighted by atomic mass is 10.2. The van der Waals surface area contributed by atoms with Crippen molar-refractivity contribution in [1.29, 1.82) is 0 Å². The Morgan fingerprint density at radius 1 is 1.20 bits per heavy atom. The molecular formula is C15H24N2O3. The molecule has 0 aliphatic carbocycles. The zero-order chi connectivity index (χ0) is 15.0. The highest BCUT2D eigenvalue weighted by molar-refractivity contribution is 5.94. The van der Waals surface area contributed by atoms with E-state index in [2.05, 4.69) is 18.1 Å². The summed E-state index contributed by atoms with van der Waals surface area (Å²) in [5.41, 5.74) is 2.25. The van der Waals surface area contributed by atoms with Crippen LogP contribution >= 0.6 is 0 Å². The molecule has 0 bridgehead atoms. The fraction of sp³-hybridized carbons (Fsp3) is 0.667. The van der Waals surface area contributed by atoms with Gasteiger partial charge in [0.05, 0.1) is 12.3 Å². The maximum absolute atomic E-state index is 11.1. The summed E-state index contributed by atoms with van der Waals surface area (Å²) in [7, 11) is 0. The Labute approximate surface area is 120 Å². The Balaban J connectivity index is 2.01. The molecule has 112 valence electrons. The number of unbranched alkanes of at least 4 members (excludes halogenated alkanes) is 3. The van der Waals surface area contributed by atoms with Crippen LogP contribution in [0.1, 0.15) is 50.4 Å². The first-order valence-electron chi connectivity index (χ1n) is 7.15. The Morgan fingerprint density at radius 2 is 1.90 bits per heavy atom. The highest BCUT2D eigenvalue weighted by Crippen LogP contribution is 2.06. The van der Waals surface area contributed by atoms with Crippen LogP contribution in [0.2, 0.25) is 0 Å². The number of Topliss-reactive ketones (excluding diaryl/α,β-unsaturated/α-hetero) is 1.